The van der Waals surface area contributed by atoms with Crippen molar-refractivity contribution in [1.82, 2.24) is 9.13 Å². The number of nitrogens with zero attached hydrogens (tertiary/aromatic N) is 2. The highest BCUT2D eigenvalue weighted by atomic mass is 15.0. The smallest absolute Gasteiger partial charge is 0.0547 e. The highest BCUT2D eigenvalue weighted by molar-refractivity contribution is 6.11. The average Bonchev–Trinajstić information content (AvgIpc) is 3.45. The molecule has 0 bridgehead atoms. The molecule has 0 amide bonds. The summed E-state index contributed by atoms with van der Waals surface area (Å²) in [5, 5.41) is 5.23. The summed E-state index contributed by atoms with van der Waals surface area (Å²) in [5.41, 5.74) is 8.79. The van der Waals surface area contributed by atoms with E-state index < -0.39 is 0 Å². The fourth-order valence-electron chi connectivity index (χ4n) is 5.85. The van der Waals surface area contributed by atoms with E-state index >= 15 is 0 Å². The van der Waals surface area contributed by atoms with E-state index in [4.69, 9.17) is 0 Å². The zero-order chi connectivity index (χ0) is 24.2. The van der Waals surface area contributed by atoms with Gasteiger partial charge in [-0.15, -0.1) is 0 Å². The number of fused-ring (bicyclic) bond motifs is 6. The molecule has 2 nitrogen and oxygen atoms in total. The molecule has 0 fully saturated rings. The molecule has 0 radical (unpaired) electrons. The number of aromatic nitrogens is 2. The van der Waals surface area contributed by atoms with Crippen LogP contribution in [0.1, 0.15) is 26.3 Å². The Kier molecular flexibility index (Phi) is 4.75. The van der Waals surface area contributed by atoms with Crippen LogP contribution in [0.5, 0.6) is 0 Å². The Hall–Kier alpha value is -4.30. The predicted molar refractivity (Wildman–Crippen MR) is 154 cm³/mol. The van der Waals surface area contributed by atoms with Gasteiger partial charge in [0.1, 0.15) is 0 Å². The van der Waals surface area contributed by atoms with Crippen LogP contribution in [0.25, 0.3) is 60.4 Å². The first-order chi connectivity index (χ1) is 17.7. The molecular formula is C34H28N2. The molecular weight excluding hydrogens is 436 g/mol. The minimum absolute atomic E-state index is 0.455. The van der Waals surface area contributed by atoms with Gasteiger partial charge >= 0.3 is 0 Å². The number of benzene rings is 5. The summed E-state index contributed by atoms with van der Waals surface area (Å²) in [6.07, 6.45) is 1.11. The highest BCUT2D eigenvalue weighted by Crippen LogP contribution is 2.38. The van der Waals surface area contributed by atoms with E-state index in [1.807, 2.05) is 0 Å². The molecule has 0 aliphatic heterocycles. The van der Waals surface area contributed by atoms with Gasteiger partial charge in [0, 0.05) is 44.3 Å². The Labute approximate surface area is 211 Å². The quantitative estimate of drug-likeness (QED) is 0.245. The summed E-state index contributed by atoms with van der Waals surface area (Å²) < 4.78 is 4.90. The molecule has 0 N–H and O–H groups in total. The molecule has 0 spiro atoms. The summed E-state index contributed by atoms with van der Waals surface area (Å²) in [7, 11) is 0. The Morgan fingerprint density at radius 2 is 1.11 bits per heavy atom. The minimum Gasteiger partial charge on any atom is -0.338 e. The van der Waals surface area contributed by atoms with Crippen molar-refractivity contribution in [3.63, 3.8) is 0 Å². The number of para-hydroxylation sites is 3. The van der Waals surface area contributed by atoms with Gasteiger partial charge in [-0.2, -0.15) is 0 Å². The van der Waals surface area contributed by atoms with Crippen LogP contribution in [0.4, 0.5) is 0 Å². The normalized spacial score (nSPS) is 12.7. The van der Waals surface area contributed by atoms with Gasteiger partial charge in [0.15, 0.2) is 0 Å². The van der Waals surface area contributed by atoms with E-state index in [9.17, 15) is 0 Å². The topological polar surface area (TPSA) is 9.86 Å². The maximum atomic E-state index is 2.50. The lowest BCUT2D eigenvalue weighted by atomic mass is 10.0. The van der Waals surface area contributed by atoms with E-state index in [1.165, 1.54) is 60.4 Å². The van der Waals surface area contributed by atoms with Crippen LogP contribution >= 0.6 is 0 Å². The van der Waals surface area contributed by atoms with Gasteiger partial charge in [-0.05, 0) is 66.9 Å². The SMILES string of the molecule is CCC(C)n1c2ccccc2c2cc(-c3ccc4c5ccccc5n(-c5ccccc5)c4c3)ccc21. The molecule has 0 saturated heterocycles. The van der Waals surface area contributed by atoms with Crippen molar-refractivity contribution in [2.75, 3.05) is 0 Å². The standard InChI is InChI=1S/C34H28N2/c1-3-23(2)35-31-15-9-8-14-28(31)30-21-24(18-20-33(30)35)25-17-19-29-27-13-7-10-16-32(27)36(34(29)22-25)26-11-5-4-6-12-26/h4-23H,3H2,1-2H3. The monoisotopic (exact) mass is 464 g/mol. The first-order valence-corrected chi connectivity index (χ1v) is 12.9. The van der Waals surface area contributed by atoms with Crippen LogP contribution in [0.3, 0.4) is 0 Å². The summed E-state index contributed by atoms with van der Waals surface area (Å²) in [4.78, 5) is 0. The summed E-state index contributed by atoms with van der Waals surface area (Å²) in [6, 6.07) is 42.6. The van der Waals surface area contributed by atoms with E-state index in [1.54, 1.807) is 0 Å². The third kappa shape index (κ3) is 3.04. The van der Waals surface area contributed by atoms with Crippen LogP contribution < -0.4 is 0 Å². The van der Waals surface area contributed by atoms with Gasteiger partial charge in [-0.1, -0.05) is 79.7 Å². The molecule has 174 valence electrons. The van der Waals surface area contributed by atoms with Crippen molar-refractivity contribution in [1.29, 1.82) is 0 Å². The zero-order valence-corrected chi connectivity index (χ0v) is 20.6. The average molecular weight is 465 g/mol. The minimum atomic E-state index is 0.455. The molecule has 7 aromatic rings. The van der Waals surface area contributed by atoms with Crippen molar-refractivity contribution >= 4 is 43.6 Å². The summed E-state index contributed by atoms with van der Waals surface area (Å²) in [5.74, 6) is 0. The molecule has 1 atom stereocenters. The van der Waals surface area contributed by atoms with Gasteiger partial charge in [0.2, 0.25) is 0 Å². The molecule has 0 saturated carbocycles. The summed E-state index contributed by atoms with van der Waals surface area (Å²) in [6.45, 7) is 4.58. The van der Waals surface area contributed by atoms with E-state index in [0.717, 1.165) is 6.42 Å². The van der Waals surface area contributed by atoms with E-state index in [2.05, 4.69) is 138 Å². The third-order valence-corrected chi connectivity index (χ3v) is 7.76. The first kappa shape index (κ1) is 21.0. The Bertz CT molecular complexity index is 1890. The van der Waals surface area contributed by atoms with Crippen molar-refractivity contribution in [3.8, 4) is 16.8 Å². The Morgan fingerprint density at radius 1 is 0.528 bits per heavy atom. The largest absolute Gasteiger partial charge is 0.338 e. The first-order valence-electron chi connectivity index (χ1n) is 12.9. The second-order valence-corrected chi connectivity index (χ2v) is 9.80. The lowest BCUT2D eigenvalue weighted by molar-refractivity contribution is 0.563. The number of hydrogen-bond acceptors (Lipinski definition) is 0. The van der Waals surface area contributed by atoms with Gasteiger partial charge < -0.3 is 9.13 Å². The van der Waals surface area contributed by atoms with Crippen molar-refractivity contribution in [3.05, 3.63) is 115 Å². The molecule has 0 aliphatic rings. The van der Waals surface area contributed by atoms with Crippen LogP contribution in [0.15, 0.2) is 115 Å². The molecule has 2 heterocycles. The van der Waals surface area contributed by atoms with Gasteiger partial charge in [0.05, 0.1) is 11.0 Å². The molecule has 1 unspecified atom stereocenters. The van der Waals surface area contributed by atoms with Crippen LogP contribution in [-0.2, 0) is 0 Å². The molecule has 0 aliphatic carbocycles. The number of rotatable bonds is 4. The predicted octanol–water partition coefficient (Wildman–Crippen LogP) is 9.53. The van der Waals surface area contributed by atoms with Crippen LogP contribution in [0.2, 0.25) is 0 Å². The van der Waals surface area contributed by atoms with Crippen molar-refractivity contribution in [2.24, 2.45) is 0 Å². The van der Waals surface area contributed by atoms with Gasteiger partial charge in [0.25, 0.3) is 0 Å². The molecule has 7 rings (SSSR count). The fourth-order valence-corrected chi connectivity index (χ4v) is 5.85. The van der Waals surface area contributed by atoms with Crippen LogP contribution in [-0.4, -0.2) is 9.13 Å². The number of hydrogen-bond donors (Lipinski definition) is 0. The highest BCUT2D eigenvalue weighted by Gasteiger charge is 2.16. The van der Waals surface area contributed by atoms with E-state index in [-0.39, 0.29) is 0 Å². The summed E-state index contributed by atoms with van der Waals surface area (Å²) >= 11 is 0. The Morgan fingerprint density at radius 3 is 1.89 bits per heavy atom. The molecule has 5 aromatic carbocycles. The molecule has 2 heteroatoms. The maximum Gasteiger partial charge on any atom is 0.0547 e. The molecule has 36 heavy (non-hydrogen) atoms. The van der Waals surface area contributed by atoms with Gasteiger partial charge in [-0.25, -0.2) is 0 Å². The fraction of sp³-hybridized carbons (Fsp3) is 0.118. The second-order valence-electron chi connectivity index (χ2n) is 9.80. The van der Waals surface area contributed by atoms with Crippen molar-refractivity contribution < 1.29 is 0 Å². The Balaban J connectivity index is 1.49. The maximum absolute atomic E-state index is 2.50. The second kappa shape index (κ2) is 8.13. The van der Waals surface area contributed by atoms with Crippen molar-refractivity contribution in [2.45, 2.75) is 26.3 Å². The van der Waals surface area contributed by atoms with E-state index in [0.29, 0.717) is 6.04 Å². The lowest BCUT2D eigenvalue weighted by Gasteiger charge is -2.15. The zero-order valence-electron chi connectivity index (χ0n) is 20.6. The molecule has 2 aromatic heterocycles. The van der Waals surface area contributed by atoms with Gasteiger partial charge in [-0.3, -0.25) is 0 Å². The third-order valence-electron chi connectivity index (χ3n) is 7.76. The lowest BCUT2D eigenvalue weighted by Crippen LogP contribution is -2.02. The van der Waals surface area contributed by atoms with Crippen LogP contribution in [0, 0.1) is 0 Å².